The van der Waals surface area contributed by atoms with Crippen molar-refractivity contribution in [3.05, 3.63) is 52.7 Å². The number of hydrogen-bond donors (Lipinski definition) is 4. The number of hydrogen-bond acceptors (Lipinski definition) is 4. The summed E-state index contributed by atoms with van der Waals surface area (Å²) in [6, 6.07) is 3.27. The molecule has 7 nitrogen and oxygen atoms in total. The quantitative estimate of drug-likeness (QED) is 0.640. The fourth-order valence-electron chi connectivity index (χ4n) is 1.89. The number of urea groups is 1. The van der Waals surface area contributed by atoms with Gasteiger partial charge in [-0.15, -0.1) is 0 Å². The Bertz CT molecular complexity index is 735. The predicted octanol–water partition coefficient (Wildman–Crippen LogP) is 1.36. The van der Waals surface area contributed by atoms with Crippen LogP contribution in [-0.2, 0) is 4.79 Å². The van der Waals surface area contributed by atoms with Gasteiger partial charge in [0, 0.05) is 0 Å². The normalized spacial score (nSPS) is 15.5. The summed E-state index contributed by atoms with van der Waals surface area (Å²) in [4.78, 5) is 23.5. The van der Waals surface area contributed by atoms with Gasteiger partial charge in [0.2, 0.25) is 0 Å². The van der Waals surface area contributed by atoms with Gasteiger partial charge in [0.05, 0.1) is 22.5 Å². The fourth-order valence-corrected chi connectivity index (χ4v) is 2.06. The van der Waals surface area contributed by atoms with Crippen LogP contribution in [0.15, 0.2) is 41.9 Å². The van der Waals surface area contributed by atoms with Crippen molar-refractivity contribution in [2.45, 2.75) is 13.0 Å². The Morgan fingerprint density at radius 1 is 1.50 bits per heavy atom. The standard InChI is InChI=1S/C15H16ClFN4O3/c1-7(6-24-10-5-3-4-9(16)11(10)17)19-14(22)13-12(18)8(2)20-15(23)21-13/h3-5,7H,2,6,18H2,1H3,(H,19,22)(H2,20,21,23)/t7-/m1/s1. The molecule has 1 heterocycles. The Kier molecular flexibility index (Phi) is 5.30. The van der Waals surface area contributed by atoms with E-state index >= 15 is 0 Å². The van der Waals surface area contributed by atoms with Crippen LogP contribution in [0.25, 0.3) is 0 Å². The second-order valence-electron chi connectivity index (χ2n) is 5.08. The van der Waals surface area contributed by atoms with Crippen molar-refractivity contribution in [1.29, 1.82) is 0 Å². The summed E-state index contributed by atoms with van der Waals surface area (Å²) in [5, 5.41) is 7.17. The largest absolute Gasteiger partial charge is 0.488 e. The second-order valence-corrected chi connectivity index (χ2v) is 5.49. The van der Waals surface area contributed by atoms with Crippen LogP contribution in [0.2, 0.25) is 5.02 Å². The summed E-state index contributed by atoms with van der Waals surface area (Å²) >= 11 is 5.66. The maximum Gasteiger partial charge on any atom is 0.323 e. The first-order valence-electron chi connectivity index (χ1n) is 6.94. The van der Waals surface area contributed by atoms with E-state index in [0.29, 0.717) is 0 Å². The van der Waals surface area contributed by atoms with Gasteiger partial charge in [-0.3, -0.25) is 4.79 Å². The molecule has 0 bridgehead atoms. The van der Waals surface area contributed by atoms with Gasteiger partial charge in [-0.25, -0.2) is 9.18 Å². The van der Waals surface area contributed by atoms with E-state index in [4.69, 9.17) is 22.1 Å². The van der Waals surface area contributed by atoms with Crippen molar-refractivity contribution < 1.29 is 18.7 Å². The molecule has 0 aromatic heterocycles. The number of carbonyl (C=O) groups excluding carboxylic acids is 2. The summed E-state index contributed by atoms with van der Waals surface area (Å²) < 4.78 is 19.0. The molecule has 0 radical (unpaired) electrons. The number of nitrogens with two attached hydrogens (primary N) is 1. The molecule has 0 aliphatic carbocycles. The number of nitrogens with one attached hydrogen (secondary N) is 3. The molecule has 1 atom stereocenters. The summed E-state index contributed by atoms with van der Waals surface area (Å²) in [6.45, 7) is 5.17. The van der Waals surface area contributed by atoms with Gasteiger partial charge in [-0.2, -0.15) is 0 Å². The number of ether oxygens (including phenoxy) is 1. The van der Waals surface area contributed by atoms with Gasteiger partial charge < -0.3 is 26.4 Å². The van der Waals surface area contributed by atoms with E-state index in [2.05, 4.69) is 22.5 Å². The lowest BCUT2D eigenvalue weighted by Crippen LogP contribution is -2.49. The Hall–Kier alpha value is -2.74. The monoisotopic (exact) mass is 354 g/mol. The third-order valence-corrected chi connectivity index (χ3v) is 3.40. The van der Waals surface area contributed by atoms with E-state index in [9.17, 15) is 14.0 Å². The van der Waals surface area contributed by atoms with E-state index in [1.165, 1.54) is 12.1 Å². The maximum absolute atomic E-state index is 13.7. The first-order chi connectivity index (χ1) is 11.3. The van der Waals surface area contributed by atoms with Crippen LogP contribution >= 0.6 is 11.6 Å². The van der Waals surface area contributed by atoms with Crippen molar-refractivity contribution in [3.63, 3.8) is 0 Å². The number of rotatable bonds is 5. The van der Waals surface area contributed by atoms with Crippen LogP contribution in [0.4, 0.5) is 9.18 Å². The summed E-state index contributed by atoms with van der Waals surface area (Å²) in [5.74, 6) is -1.30. The molecule has 2 rings (SSSR count). The van der Waals surface area contributed by atoms with Crippen LogP contribution in [0.5, 0.6) is 5.75 Å². The topological polar surface area (TPSA) is 105 Å². The van der Waals surface area contributed by atoms with Crippen LogP contribution in [0.1, 0.15) is 6.92 Å². The zero-order valence-electron chi connectivity index (χ0n) is 12.8. The Morgan fingerprint density at radius 2 is 2.21 bits per heavy atom. The second kappa shape index (κ2) is 7.22. The first kappa shape index (κ1) is 17.6. The number of benzene rings is 1. The lowest BCUT2D eigenvalue weighted by molar-refractivity contribution is -0.118. The third kappa shape index (κ3) is 3.96. The average molecular weight is 355 g/mol. The highest BCUT2D eigenvalue weighted by Crippen LogP contribution is 2.24. The van der Waals surface area contributed by atoms with Crippen LogP contribution < -0.4 is 26.4 Å². The van der Waals surface area contributed by atoms with Gasteiger partial charge in [0.1, 0.15) is 12.3 Å². The van der Waals surface area contributed by atoms with E-state index in [0.717, 1.165) is 0 Å². The average Bonchev–Trinajstić information content (AvgIpc) is 2.52. The van der Waals surface area contributed by atoms with Gasteiger partial charge in [0.15, 0.2) is 11.6 Å². The summed E-state index contributed by atoms with van der Waals surface area (Å²) in [5.41, 5.74) is 5.76. The van der Waals surface area contributed by atoms with E-state index in [1.54, 1.807) is 13.0 Å². The Morgan fingerprint density at radius 3 is 2.92 bits per heavy atom. The van der Waals surface area contributed by atoms with Crippen molar-refractivity contribution in [2.75, 3.05) is 6.61 Å². The van der Waals surface area contributed by atoms with Crippen molar-refractivity contribution in [2.24, 2.45) is 5.73 Å². The molecule has 1 aliphatic heterocycles. The minimum atomic E-state index is -0.674. The number of amides is 3. The molecule has 9 heteroatoms. The summed E-state index contributed by atoms with van der Waals surface area (Å²) in [6.07, 6.45) is 0. The molecule has 1 aromatic rings. The first-order valence-corrected chi connectivity index (χ1v) is 7.32. The third-order valence-electron chi connectivity index (χ3n) is 3.11. The Balaban J connectivity index is 1.97. The van der Waals surface area contributed by atoms with E-state index < -0.39 is 23.8 Å². The molecular formula is C15H16ClFN4O3. The highest BCUT2D eigenvalue weighted by atomic mass is 35.5. The fraction of sp³-hybridized carbons (Fsp3) is 0.200. The minimum Gasteiger partial charge on any atom is -0.488 e. The maximum atomic E-state index is 13.7. The van der Waals surface area contributed by atoms with E-state index in [1.807, 2.05) is 0 Å². The van der Waals surface area contributed by atoms with Crippen molar-refractivity contribution >= 4 is 23.5 Å². The number of halogens is 2. The Labute approximate surface area is 142 Å². The van der Waals surface area contributed by atoms with Gasteiger partial charge >= 0.3 is 6.03 Å². The molecule has 0 saturated carbocycles. The van der Waals surface area contributed by atoms with Gasteiger partial charge in [-0.05, 0) is 19.1 Å². The number of carbonyl (C=O) groups is 2. The highest BCUT2D eigenvalue weighted by molar-refractivity contribution is 6.30. The molecule has 128 valence electrons. The molecule has 1 aromatic carbocycles. The minimum absolute atomic E-state index is 0.0106. The van der Waals surface area contributed by atoms with Crippen LogP contribution in [0, 0.1) is 5.82 Å². The SMILES string of the molecule is C=C1NC(=O)NC(C(=O)N[C@H](C)COc2cccc(Cl)c2F)=C1N. The highest BCUT2D eigenvalue weighted by Gasteiger charge is 2.24. The van der Waals surface area contributed by atoms with E-state index in [-0.39, 0.29) is 34.5 Å². The predicted molar refractivity (Wildman–Crippen MR) is 86.5 cm³/mol. The molecule has 24 heavy (non-hydrogen) atoms. The molecule has 5 N–H and O–H groups in total. The van der Waals surface area contributed by atoms with Crippen LogP contribution in [0.3, 0.4) is 0 Å². The molecule has 1 aliphatic rings. The van der Waals surface area contributed by atoms with Crippen molar-refractivity contribution in [3.8, 4) is 5.75 Å². The van der Waals surface area contributed by atoms with Gasteiger partial charge in [0.25, 0.3) is 5.91 Å². The molecule has 0 unspecified atom stereocenters. The zero-order chi connectivity index (χ0) is 17.9. The molecular weight excluding hydrogens is 339 g/mol. The zero-order valence-corrected chi connectivity index (χ0v) is 13.5. The summed E-state index contributed by atoms with van der Waals surface area (Å²) in [7, 11) is 0. The molecule has 0 spiro atoms. The molecule has 0 saturated heterocycles. The smallest absolute Gasteiger partial charge is 0.323 e. The molecule has 0 fully saturated rings. The van der Waals surface area contributed by atoms with Gasteiger partial charge in [-0.1, -0.05) is 24.2 Å². The lowest BCUT2D eigenvalue weighted by Gasteiger charge is -2.22. The molecule has 3 amide bonds. The van der Waals surface area contributed by atoms with Crippen LogP contribution in [-0.4, -0.2) is 24.6 Å². The van der Waals surface area contributed by atoms with Crippen molar-refractivity contribution in [1.82, 2.24) is 16.0 Å². The lowest BCUT2D eigenvalue weighted by atomic mass is 10.2.